The summed E-state index contributed by atoms with van der Waals surface area (Å²) >= 11 is 1.58. The molecule has 0 spiro atoms. The van der Waals surface area contributed by atoms with Gasteiger partial charge >= 0.3 is 0 Å². The topological polar surface area (TPSA) is 75.4 Å². The molecular weight excluding hydrogens is 264 g/mol. The van der Waals surface area contributed by atoms with Crippen LogP contribution < -0.4 is 5.32 Å². The molecule has 3 atom stereocenters. The molecule has 0 heterocycles. The van der Waals surface area contributed by atoms with Crippen molar-refractivity contribution >= 4 is 17.4 Å². The minimum atomic E-state index is -0.365. The third-order valence-electron chi connectivity index (χ3n) is 3.15. The lowest BCUT2D eigenvalue weighted by Gasteiger charge is -2.25. The van der Waals surface area contributed by atoms with Crippen molar-refractivity contribution in [2.24, 2.45) is 0 Å². The Balaban J connectivity index is 2.83. The van der Waals surface area contributed by atoms with Crippen molar-refractivity contribution in [3.8, 4) is 0 Å². The molecule has 19 heavy (non-hydrogen) atoms. The highest BCUT2D eigenvalue weighted by Gasteiger charge is 2.22. The van der Waals surface area contributed by atoms with E-state index in [2.05, 4.69) is 5.32 Å². The van der Waals surface area contributed by atoms with Crippen LogP contribution in [0, 0.1) is 10.1 Å². The second-order valence-electron chi connectivity index (χ2n) is 4.45. The van der Waals surface area contributed by atoms with Gasteiger partial charge in [0.25, 0.3) is 5.69 Å². The Morgan fingerprint density at radius 3 is 2.58 bits per heavy atom. The van der Waals surface area contributed by atoms with E-state index in [-0.39, 0.29) is 34.6 Å². The van der Waals surface area contributed by atoms with Gasteiger partial charge in [-0.15, -0.1) is 0 Å². The highest BCUT2D eigenvalue weighted by Crippen LogP contribution is 2.25. The van der Waals surface area contributed by atoms with Gasteiger partial charge in [0.2, 0.25) is 0 Å². The number of nitro groups is 1. The maximum absolute atomic E-state index is 11.0. The average Bonchev–Trinajstić information content (AvgIpc) is 2.40. The van der Waals surface area contributed by atoms with Crippen molar-refractivity contribution in [2.75, 3.05) is 12.9 Å². The summed E-state index contributed by atoms with van der Waals surface area (Å²) in [5.74, 6) is 0. The van der Waals surface area contributed by atoms with E-state index in [0.29, 0.717) is 5.56 Å². The summed E-state index contributed by atoms with van der Waals surface area (Å²) in [6.07, 6.45) is 1.94. The Morgan fingerprint density at radius 2 is 2.05 bits per heavy atom. The second-order valence-corrected chi connectivity index (χ2v) is 5.53. The van der Waals surface area contributed by atoms with Gasteiger partial charge in [-0.05, 0) is 20.1 Å². The number of para-hydroxylation sites is 1. The smallest absolute Gasteiger partial charge is 0.274 e. The fourth-order valence-electron chi connectivity index (χ4n) is 2.05. The average molecular weight is 284 g/mol. The van der Waals surface area contributed by atoms with Gasteiger partial charge in [-0.25, -0.2) is 0 Å². The molecule has 1 rings (SSSR count). The lowest BCUT2D eigenvalue weighted by molar-refractivity contribution is -0.385. The van der Waals surface area contributed by atoms with Crippen LogP contribution in [0.25, 0.3) is 0 Å². The van der Waals surface area contributed by atoms with Crippen molar-refractivity contribution in [3.63, 3.8) is 0 Å². The largest absolute Gasteiger partial charge is 0.395 e. The van der Waals surface area contributed by atoms with E-state index in [1.807, 2.05) is 20.1 Å². The van der Waals surface area contributed by atoms with E-state index in [0.717, 1.165) is 0 Å². The Bertz CT molecular complexity index is 424. The zero-order valence-corrected chi connectivity index (χ0v) is 12.2. The van der Waals surface area contributed by atoms with Gasteiger partial charge in [0, 0.05) is 29.0 Å². The van der Waals surface area contributed by atoms with E-state index in [4.69, 9.17) is 0 Å². The summed E-state index contributed by atoms with van der Waals surface area (Å²) < 4.78 is 0. The summed E-state index contributed by atoms with van der Waals surface area (Å²) in [5, 5.41) is 23.6. The molecule has 0 amide bonds. The minimum absolute atomic E-state index is 0.0646. The Labute approximate surface area is 117 Å². The molecule has 0 aliphatic carbocycles. The zero-order valence-electron chi connectivity index (χ0n) is 11.4. The van der Waals surface area contributed by atoms with E-state index < -0.39 is 0 Å². The number of aliphatic hydroxyl groups is 1. The Kier molecular flexibility index (Phi) is 6.27. The quantitative estimate of drug-likeness (QED) is 0.594. The van der Waals surface area contributed by atoms with Crippen LogP contribution in [0.1, 0.15) is 25.5 Å². The van der Waals surface area contributed by atoms with Gasteiger partial charge in [-0.3, -0.25) is 10.1 Å². The number of nitrogens with zero attached hydrogens (tertiary/aromatic N) is 1. The predicted molar refractivity (Wildman–Crippen MR) is 78.5 cm³/mol. The first-order valence-corrected chi connectivity index (χ1v) is 7.43. The molecule has 6 heteroatoms. The maximum Gasteiger partial charge on any atom is 0.274 e. The number of hydrogen-bond acceptors (Lipinski definition) is 5. The number of rotatable bonds is 7. The highest BCUT2D eigenvalue weighted by atomic mass is 32.2. The number of nitro benzene ring substituents is 1. The molecule has 0 aromatic heterocycles. The van der Waals surface area contributed by atoms with Gasteiger partial charge < -0.3 is 10.4 Å². The molecule has 2 N–H and O–H groups in total. The number of hydrogen-bond donors (Lipinski definition) is 2. The summed E-state index contributed by atoms with van der Waals surface area (Å²) in [6, 6.07) is 6.65. The fourth-order valence-corrected chi connectivity index (χ4v) is 2.68. The van der Waals surface area contributed by atoms with E-state index in [1.165, 1.54) is 6.07 Å². The second kappa shape index (κ2) is 7.47. The zero-order chi connectivity index (χ0) is 14.4. The van der Waals surface area contributed by atoms with E-state index in [1.54, 1.807) is 30.0 Å². The number of benzene rings is 1. The number of aliphatic hydroxyl groups excluding tert-OH is 1. The molecule has 3 unspecified atom stereocenters. The van der Waals surface area contributed by atoms with Gasteiger partial charge in [0.05, 0.1) is 11.5 Å². The van der Waals surface area contributed by atoms with Gasteiger partial charge in [0.1, 0.15) is 0 Å². The molecule has 5 nitrogen and oxygen atoms in total. The van der Waals surface area contributed by atoms with E-state index >= 15 is 0 Å². The summed E-state index contributed by atoms with van der Waals surface area (Å²) in [5.41, 5.74) is 0.788. The van der Waals surface area contributed by atoms with Crippen molar-refractivity contribution in [1.82, 2.24) is 5.32 Å². The van der Waals surface area contributed by atoms with Crippen LogP contribution in [-0.2, 0) is 0 Å². The lowest BCUT2D eigenvalue weighted by Crippen LogP contribution is -2.39. The van der Waals surface area contributed by atoms with Crippen LogP contribution in [0.4, 0.5) is 5.69 Å². The minimum Gasteiger partial charge on any atom is -0.395 e. The predicted octanol–water partition coefficient (Wildman–Crippen LogP) is 2.36. The van der Waals surface area contributed by atoms with Gasteiger partial charge in [-0.1, -0.05) is 18.2 Å². The molecular formula is C13H20N2O3S. The van der Waals surface area contributed by atoms with Crippen LogP contribution in [0.5, 0.6) is 0 Å². The maximum atomic E-state index is 11.0. The number of thioether (sulfide) groups is 1. The van der Waals surface area contributed by atoms with Crippen LogP contribution in [0.2, 0.25) is 0 Å². The molecule has 0 saturated carbocycles. The Morgan fingerprint density at radius 1 is 1.42 bits per heavy atom. The lowest BCUT2D eigenvalue weighted by atomic mass is 10.0. The van der Waals surface area contributed by atoms with Crippen LogP contribution in [-0.4, -0.2) is 34.2 Å². The summed E-state index contributed by atoms with van der Waals surface area (Å²) in [4.78, 5) is 10.6. The molecule has 0 aliphatic heterocycles. The van der Waals surface area contributed by atoms with Crippen molar-refractivity contribution in [2.45, 2.75) is 31.2 Å². The van der Waals surface area contributed by atoms with Crippen molar-refractivity contribution < 1.29 is 10.0 Å². The SMILES string of the molecule is CSC(CO)C(C)NC(C)c1ccccc1[N+](=O)[O-]. The summed E-state index contributed by atoms with van der Waals surface area (Å²) in [7, 11) is 0. The number of nitrogens with one attached hydrogen (secondary N) is 1. The Hall–Kier alpha value is -1.11. The molecule has 1 aromatic carbocycles. The molecule has 1 aromatic rings. The monoisotopic (exact) mass is 284 g/mol. The molecule has 0 bridgehead atoms. The van der Waals surface area contributed by atoms with E-state index in [9.17, 15) is 15.2 Å². The molecule has 0 radical (unpaired) electrons. The molecule has 0 fully saturated rings. The van der Waals surface area contributed by atoms with Gasteiger partial charge in [0.15, 0.2) is 0 Å². The normalized spacial score (nSPS) is 15.8. The van der Waals surface area contributed by atoms with Crippen molar-refractivity contribution in [3.05, 3.63) is 39.9 Å². The van der Waals surface area contributed by atoms with Gasteiger partial charge in [-0.2, -0.15) is 11.8 Å². The molecule has 106 valence electrons. The first-order chi connectivity index (χ1) is 9.01. The standard InChI is InChI=1S/C13H20N2O3S/c1-9(14-10(2)13(8-16)19-3)11-6-4-5-7-12(11)15(17)18/h4-7,9-10,13-14,16H,8H2,1-3H3. The van der Waals surface area contributed by atoms with Crippen LogP contribution in [0.3, 0.4) is 0 Å². The molecule has 0 aliphatic rings. The third kappa shape index (κ3) is 4.19. The fraction of sp³-hybridized carbons (Fsp3) is 0.538. The van der Waals surface area contributed by atoms with Crippen LogP contribution in [0.15, 0.2) is 24.3 Å². The van der Waals surface area contributed by atoms with Crippen LogP contribution >= 0.6 is 11.8 Å². The third-order valence-corrected chi connectivity index (χ3v) is 4.32. The first kappa shape index (κ1) is 15.9. The highest BCUT2D eigenvalue weighted by molar-refractivity contribution is 7.99. The first-order valence-electron chi connectivity index (χ1n) is 6.14. The summed E-state index contributed by atoms with van der Waals surface area (Å²) in [6.45, 7) is 3.95. The van der Waals surface area contributed by atoms with Crippen molar-refractivity contribution in [1.29, 1.82) is 0 Å². The molecule has 0 saturated heterocycles.